The molecule has 1 aromatic carbocycles. The predicted molar refractivity (Wildman–Crippen MR) is 96.7 cm³/mol. The van der Waals surface area contributed by atoms with Crippen molar-refractivity contribution in [3.8, 4) is 11.5 Å². The van der Waals surface area contributed by atoms with Gasteiger partial charge in [-0.3, -0.25) is 4.79 Å². The van der Waals surface area contributed by atoms with Gasteiger partial charge in [0.25, 0.3) is 5.91 Å². The summed E-state index contributed by atoms with van der Waals surface area (Å²) < 4.78 is 10.4. The minimum Gasteiger partial charge on any atom is -0.452 e. The molecule has 1 aliphatic heterocycles. The van der Waals surface area contributed by atoms with E-state index in [2.05, 4.69) is 10.2 Å². The average molecular weight is 369 g/mol. The second kappa shape index (κ2) is 7.90. The van der Waals surface area contributed by atoms with Crippen LogP contribution in [0.3, 0.4) is 0 Å². The molecule has 1 amide bonds. The Morgan fingerprint density at radius 3 is 2.67 bits per heavy atom. The van der Waals surface area contributed by atoms with Crippen LogP contribution >= 0.6 is 0 Å². The molecular weight excluding hydrogens is 346 g/mol. The molecule has 0 radical (unpaired) electrons. The fourth-order valence-corrected chi connectivity index (χ4v) is 4.28. The molecule has 2 aromatic rings. The monoisotopic (exact) mass is 369 g/mol. The Hall–Kier alpha value is -2.70. The van der Waals surface area contributed by atoms with E-state index in [-0.39, 0.29) is 12.5 Å². The minimum absolute atomic E-state index is 0.0811. The van der Waals surface area contributed by atoms with Crippen molar-refractivity contribution in [1.29, 1.82) is 0 Å². The van der Waals surface area contributed by atoms with Gasteiger partial charge in [0, 0.05) is 18.2 Å². The molecule has 2 atom stereocenters. The maximum absolute atomic E-state index is 12.6. The van der Waals surface area contributed by atoms with Gasteiger partial charge in [0.1, 0.15) is 0 Å². The van der Waals surface area contributed by atoms with Gasteiger partial charge in [-0.1, -0.05) is 12.8 Å². The molecule has 2 heterocycles. The van der Waals surface area contributed by atoms with Gasteiger partial charge in [-0.15, -0.1) is 10.2 Å². The summed E-state index contributed by atoms with van der Waals surface area (Å²) in [5, 5.41) is 7.45. The van der Waals surface area contributed by atoms with Gasteiger partial charge in [-0.25, -0.2) is 4.79 Å². The zero-order chi connectivity index (χ0) is 18.6. The lowest BCUT2D eigenvalue weighted by Crippen LogP contribution is -2.50. The Balaban J connectivity index is 1.34. The number of benzene rings is 1. The molecule has 2 aliphatic rings. The van der Waals surface area contributed by atoms with Crippen LogP contribution in [0.5, 0.6) is 0 Å². The van der Waals surface area contributed by atoms with Crippen molar-refractivity contribution < 1.29 is 18.7 Å². The van der Waals surface area contributed by atoms with Crippen LogP contribution in [0.4, 0.5) is 0 Å². The molecule has 0 N–H and O–H groups in total. The molecule has 7 heteroatoms. The van der Waals surface area contributed by atoms with Crippen molar-refractivity contribution in [2.75, 3.05) is 13.2 Å². The smallest absolute Gasteiger partial charge is 0.338 e. The Morgan fingerprint density at radius 1 is 1.11 bits per heavy atom. The number of hydrogen-bond donors (Lipinski definition) is 0. The van der Waals surface area contributed by atoms with Crippen LogP contribution in [-0.4, -0.2) is 46.2 Å². The number of rotatable bonds is 4. The van der Waals surface area contributed by atoms with E-state index in [4.69, 9.17) is 9.15 Å². The number of carbonyl (C=O) groups is 2. The third kappa shape index (κ3) is 3.86. The van der Waals surface area contributed by atoms with Crippen molar-refractivity contribution >= 4 is 11.9 Å². The van der Waals surface area contributed by atoms with Crippen LogP contribution < -0.4 is 0 Å². The Morgan fingerprint density at radius 2 is 1.89 bits per heavy atom. The number of nitrogens with zero attached hydrogens (tertiary/aromatic N) is 3. The largest absolute Gasteiger partial charge is 0.452 e. The van der Waals surface area contributed by atoms with Crippen LogP contribution in [0.25, 0.3) is 11.5 Å². The highest BCUT2D eigenvalue weighted by atomic mass is 16.5. The highest BCUT2D eigenvalue weighted by molar-refractivity contribution is 5.91. The second-order valence-electron chi connectivity index (χ2n) is 7.24. The number of likely N-dealkylation sites (tertiary alicyclic amines) is 1. The van der Waals surface area contributed by atoms with E-state index in [1.807, 2.05) is 4.90 Å². The molecule has 7 nitrogen and oxygen atoms in total. The van der Waals surface area contributed by atoms with Gasteiger partial charge in [0.2, 0.25) is 12.3 Å². The predicted octanol–water partition coefficient (Wildman–Crippen LogP) is 3.07. The summed E-state index contributed by atoms with van der Waals surface area (Å²) in [6, 6.07) is 7.01. The molecule has 27 heavy (non-hydrogen) atoms. The molecule has 0 spiro atoms. The zero-order valence-corrected chi connectivity index (χ0v) is 15.2. The summed E-state index contributed by atoms with van der Waals surface area (Å²) in [5.41, 5.74) is 1.11. The van der Waals surface area contributed by atoms with Crippen molar-refractivity contribution in [1.82, 2.24) is 15.1 Å². The van der Waals surface area contributed by atoms with E-state index in [1.54, 1.807) is 24.3 Å². The fraction of sp³-hybridized carbons (Fsp3) is 0.500. The first-order chi connectivity index (χ1) is 13.2. The van der Waals surface area contributed by atoms with E-state index in [0.717, 1.165) is 24.9 Å². The van der Waals surface area contributed by atoms with Crippen LogP contribution in [0.15, 0.2) is 35.1 Å². The van der Waals surface area contributed by atoms with Gasteiger partial charge >= 0.3 is 5.97 Å². The first-order valence-electron chi connectivity index (χ1n) is 9.55. The van der Waals surface area contributed by atoms with E-state index in [1.165, 1.54) is 32.1 Å². The third-order valence-electron chi connectivity index (χ3n) is 5.62. The lowest BCUT2D eigenvalue weighted by molar-refractivity contribution is -0.140. The number of fused-ring (bicyclic) bond motifs is 1. The molecule has 2 fully saturated rings. The molecule has 4 rings (SSSR count). The maximum atomic E-state index is 12.6. The van der Waals surface area contributed by atoms with Crippen LogP contribution in [0, 0.1) is 5.92 Å². The van der Waals surface area contributed by atoms with E-state index in [9.17, 15) is 9.59 Å². The van der Waals surface area contributed by atoms with Crippen LogP contribution in [0.1, 0.15) is 48.9 Å². The number of ether oxygens (including phenoxy) is 1. The SMILES string of the molecule is O=C(OCC(=O)N1CCC[C@H]2CCCC[C@H]21)c1ccc(-c2nnco2)cc1. The topological polar surface area (TPSA) is 85.5 Å². The normalized spacial score (nSPS) is 22.1. The van der Waals surface area contributed by atoms with Gasteiger partial charge in [0.05, 0.1) is 5.56 Å². The summed E-state index contributed by atoms with van der Waals surface area (Å²) in [6.07, 6.45) is 8.22. The molecule has 142 valence electrons. The van der Waals surface area contributed by atoms with Crippen molar-refractivity contribution in [2.45, 2.75) is 44.6 Å². The standard InChI is InChI=1S/C20H23N3O4/c24-18(23-11-3-5-14-4-1-2-6-17(14)23)12-26-20(25)16-9-7-15(8-10-16)19-22-21-13-27-19/h7-10,13-14,17H,1-6,11-12H2/t14-,17-/m1/s1. The zero-order valence-electron chi connectivity index (χ0n) is 15.2. The van der Waals surface area contributed by atoms with Crippen LogP contribution in [-0.2, 0) is 9.53 Å². The highest BCUT2D eigenvalue weighted by Gasteiger charge is 2.35. The molecule has 1 saturated heterocycles. The number of esters is 1. The number of piperidine rings is 1. The average Bonchev–Trinajstić information content (AvgIpc) is 3.26. The molecule has 0 unspecified atom stereocenters. The lowest BCUT2D eigenvalue weighted by atomic mass is 9.78. The Labute approximate surface area is 157 Å². The number of hydrogen-bond acceptors (Lipinski definition) is 6. The van der Waals surface area contributed by atoms with Gasteiger partial charge in [-0.2, -0.15) is 0 Å². The minimum atomic E-state index is -0.502. The fourth-order valence-electron chi connectivity index (χ4n) is 4.28. The number of amides is 1. The summed E-state index contributed by atoms with van der Waals surface area (Å²) in [5.74, 6) is 0.418. The summed E-state index contributed by atoms with van der Waals surface area (Å²) in [6.45, 7) is 0.573. The van der Waals surface area contributed by atoms with Gasteiger partial charge in [0.15, 0.2) is 6.61 Å². The van der Waals surface area contributed by atoms with E-state index < -0.39 is 5.97 Å². The molecular formula is C20H23N3O4. The quantitative estimate of drug-likeness (QED) is 0.770. The van der Waals surface area contributed by atoms with Crippen molar-refractivity contribution in [2.24, 2.45) is 5.92 Å². The number of carbonyl (C=O) groups excluding carboxylic acids is 2. The second-order valence-corrected chi connectivity index (χ2v) is 7.24. The molecule has 1 saturated carbocycles. The van der Waals surface area contributed by atoms with Crippen LogP contribution in [0.2, 0.25) is 0 Å². The van der Waals surface area contributed by atoms with E-state index in [0.29, 0.717) is 23.4 Å². The first-order valence-corrected chi connectivity index (χ1v) is 9.55. The van der Waals surface area contributed by atoms with Gasteiger partial charge in [-0.05, 0) is 55.9 Å². The number of aromatic nitrogens is 2. The summed E-state index contributed by atoms with van der Waals surface area (Å²) in [4.78, 5) is 26.8. The van der Waals surface area contributed by atoms with Gasteiger partial charge < -0.3 is 14.1 Å². The summed E-state index contributed by atoms with van der Waals surface area (Å²) in [7, 11) is 0. The first kappa shape index (κ1) is 17.7. The highest BCUT2D eigenvalue weighted by Crippen LogP contribution is 2.35. The van der Waals surface area contributed by atoms with Crippen molar-refractivity contribution in [3.63, 3.8) is 0 Å². The maximum Gasteiger partial charge on any atom is 0.338 e. The summed E-state index contributed by atoms with van der Waals surface area (Å²) >= 11 is 0. The molecule has 1 aliphatic carbocycles. The Kier molecular flexibility index (Phi) is 5.18. The Bertz CT molecular complexity index is 786. The third-order valence-corrected chi connectivity index (χ3v) is 5.62. The molecule has 1 aromatic heterocycles. The lowest BCUT2D eigenvalue weighted by Gasteiger charge is -2.44. The van der Waals surface area contributed by atoms with Crippen molar-refractivity contribution in [3.05, 3.63) is 36.2 Å². The molecule has 0 bridgehead atoms. The van der Waals surface area contributed by atoms with E-state index >= 15 is 0 Å².